The quantitative estimate of drug-likeness (QED) is 0.677. The third kappa shape index (κ3) is 2.16. The molecule has 0 aromatic carbocycles. The second-order valence-corrected chi connectivity index (χ2v) is 4.14. The zero-order chi connectivity index (χ0) is 9.97. The smallest absolute Gasteiger partial charge is 0.317 e. The van der Waals surface area contributed by atoms with Crippen LogP contribution in [0, 0.1) is 17.2 Å². The van der Waals surface area contributed by atoms with Crippen molar-refractivity contribution in [2.45, 2.75) is 31.7 Å². The van der Waals surface area contributed by atoms with Crippen molar-refractivity contribution in [2.75, 3.05) is 13.1 Å². The highest BCUT2D eigenvalue weighted by atomic mass is 16.2. The molecule has 1 heterocycles. The Morgan fingerprint density at radius 1 is 1.43 bits per heavy atom. The predicted octanol–water partition coefficient (Wildman–Crippen LogP) is 1.09. The van der Waals surface area contributed by atoms with E-state index in [2.05, 4.69) is 11.4 Å². The molecule has 1 aliphatic carbocycles. The van der Waals surface area contributed by atoms with Crippen LogP contribution in [0.2, 0.25) is 0 Å². The lowest BCUT2D eigenvalue weighted by atomic mass is 10.0. The number of likely N-dealkylation sites (tertiary alicyclic amines) is 1. The van der Waals surface area contributed by atoms with Gasteiger partial charge < -0.3 is 10.2 Å². The van der Waals surface area contributed by atoms with Gasteiger partial charge in [0, 0.05) is 19.1 Å². The molecule has 0 bridgehead atoms. The van der Waals surface area contributed by atoms with Gasteiger partial charge in [0.1, 0.15) is 0 Å². The van der Waals surface area contributed by atoms with E-state index in [0.29, 0.717) is 12.6 Å². The van der Waals surface area contributed by atoms with Crippen molar-refractivity contribution >= 4 is 6.03 Å². The fraction of sp³-hybridized carbons (Fsp3) is 0.800. The molecule has 0 radical (unpaired) electrons. The van der Waals surface area contributed by atoms with Gasteiger partial charge in [-0.05, 0) is 25.7 Å². The van der Waals surface area contributed by atoms with Crippen LogP contribution >= 0.6 is 0 Å². The van der Waals surface area contributed by atoms with Crippen molar-refractivity contribution in [3.63, 3.8) is 0 Å². The molecule has 1 atom stereocenters. The molecule has 1 unspecified atom stereocenters. The highest BCUT2D eigenvalue weighted by Crippen LogP contribution is 2.20. The number of carbonyl (C=O) groups excluding carboxylic acids is 1. The van der Waals surface area contributed by atoms with Crippen LogP contribution in [-0.2, 0) is 0 Å². The van der Waals surface area contributed by atoms with Crippen LogP contribution in [0.5, 0.6) is 0 Å². The standard InChI is InChI=1S/C10H15N3O/c11-6-8-2-1-5-13(7-8)10(14)12-9-3-4-9/h8-9H,1-5,7H2,(H,12,14). The monoisotopic (exact) mass is 193 g/mol. The number of urea groups is 1. The molecule has 14 heavy (non-hydrogen) atoms. The molecular weight excluding hydrogens is 178 g/mol. The van der Waals surface area contributed by atoms with Crippen LogP contribution in [0.3, 0.4) is 0 Å². The molecule has 2 aliphatic rings. The highest BCUT2D eigenvalue weighted by molar-refractivity contribution is 5.75. The van der Waals surface area contributed by atoms with Crippen molar-refractivity contribution in [2.24, 2.45) is 5.92 Å². The second kappa shape index (κ2) is 3.87. The second-order valence-electron chi connectivity index (χ2n) is 4.14. The summed E-state index contributed by atoms with van der Waals surface area (Å²) in [6, 6.07) is 2.66. The third-order valence-electron chi connectivity index (χ3n) is 2.80. The summed E-state index contributed by atoms with van der Waals surface area (Å²) >= 11 is 0. The first-order valence-corrected chi connectivity index (χ1v) is 5.24. The van der Waals surface area contributed by atoms with Gasteiger partial charge in [-0.25, -0.2) is 4.79 Å². The molecule has 1 saturated carbocycles. The summed E-state index contributed by atoms with van der Waals surface area (Å²) in [6.45, 7) is 1.41. The van der Waals surface area contributed by atoms with E-state index in [-0.39, 0.29) is 11.9 Å². The summed E-state index contributed by atoms with van der Waals surface area (Å²) in [5.41, 5.74) is 0. The van der Waals surface area contributed by atoms with E-state index in [9.17, 15) is 4.79 Å². The first-order chi connectivity index (χ1) is 6.79. The number of piperidine rings is 1. The van der Waals surface area contributed by atoms with Gasteiger partial charge in [0.05, 0.1) is 12.0 Å². The van der Waals surface area contributed by atoms with Crippen molar-refractivity contribution in [1.82, 2.24) is 10.2 Å². The first-order valence-electron chi connectivity index (χ1n) is 5.24. The van der Waals surface area contributed by atoms with E-state index in [1.165, 1.54) is 0 Å². The largest absolute Gasteiger partial charge is 0.335 e. The van der Waals surface area contributed by atoms with Crippen LogP contribution in [0.25, 0.3) is 0 Å². The van der Waals surface area contributed by atoms with Crippen LogP contribution in [0.4, 0.5) is 4.79 Å². The Hall–Kier alpha value is -1.24. The van der Waals surface area contributed by atoms with Crippen LogP contribution in [0.1, 0.15) is 25.7 Å². The number of hydrogen-bond acceptors (Lipinski definition) is 2. The summed E-state index contributed by atoms with van der Waals surface area (Å²) in [6.07, 6.45) is 4.11. The summed E-state index contributed by atoms with van der Waals surface area (Å²) in [7, 11) is 0. The molecule has 1 N–H and O–H groups in total. The molecule has 4 heteroatoms. The molecule has 0 aromatic heterocycles. The number of nitriles is 1. The fourth-order valence-corrected chi connectivity index (χ4v) is 1.76. The van der Waals surface area contributed by atoms with E-state index in [4.69, 9.17) is 5.26 Å². The van der Waals surface area contributed by atoms with Gasteiger partial charge in [-0.2, -0.15) is 5.26 Å². The lowest BCUT2D eigenvalue weighted by molar-refractivity contribution is 0.176. The zero-order valence-electron chi connectivity index (χ0n) is 8.20. The van der Waals surface area contributed by atoms with Gasteiger partial charge in [-0.15, -0.1) is 0 Å². The molecule has 1 saturated heterocycles. The average Bonchev–Trinajstić information content (AvgIpc) is 3.02. The highest BCUT2D eigenvalue weighted by Gasteiger charge is 2.28. The summed E-state index contributed by atoms with van der Waals surface area (Å²) in [5, 5.41) is 11.7. The van der Waals surface area contributed by atoms with E-state index < -0.39 is 0 Å². The Morgan fingerprint density at radius 2 is 2.21 bits per heavy atom. The molecule has 76 valence electrons. The zero-order valence-corrected chi connectivity index (χ0v) is 8.20. The van der Waals surface area contributed by atoms with Gasteiger partial charge in [0.2, 0.25) is 0 Å². The van der Waals surface area contributed by atoms with E-state index in [1.807, 2.05) is 0 Å². The van der Waals surface area contributed by atoms with Gasteiger partial charge >= 0.3 is 6.03 Å². The first kappa shape index (κ1) is 9.32. The van der Waals surface area contributed by atoms with E-state index in [0.717, 1.165) is 32.2 Å². The maximum absolute atomic E-state index is 11.6. The maximum atomic E-state index is 11.6. The van der Waals surface area contributed by atoms with Gasteiger partial charge in [0.25, 0.3) is 0 Å². The number of nitrogens with one attached hydrogen (secondary N) is 1. The summed E-state index contributed by atoms with van der Waals surface area (Å²) in [4.78, 5) is 13.4. The Morgan fingerprint density at radius 3 is 2.86 bits per heavy atom. The molecule has 2 fully saturated rings. The number of carbonyl (C=O) groups is 1. The molecule has 0 aromatic rings. The molecule has 2 rings (SSSR count). The Kier molecular flexibility index (Phi) is 2.58. The summed E-state index contributed by atoms with van der Waals surface area (Å²) < 4.78 is 0. The lowest BCUT2D eigenvalue weighted by Gasteiger charge is -2.29. The topological polar surface area (TPSA) is 56.1 Å². The molecule has 1 aliphatic heterocycles. The van der Waals surface area contributed by atoms with Crippen molar-refractivity contribution in [1.29, 1.82) is 5.26 Å². The average molecular weight is 193 g/mol. The molecular formula is C10H15N3O. The minimum atomic E-state index is 0.0208. The Labute approximate surface area is 83.9 Å². The third-order valence-corrected chi connectivity index (χ3v) is 2.80. The minimum absolute atomic E-state index is 0.0208. The lowest BCUT2D eigenvalue weighted by Crippen LogP contribution is -2.45. The Bertz CT molecular complexity index is 267. The minimum Gasteiger partial charge on any atom is -0.335 e. The van der Waals surface area contributed by atoms with Crippen molar-refractivity contribution in [3.8, 4) is 6.07 Å². The van der Waals surface area contributed by atoms with Crippen LogP contribution < -0.4 is 5.32 Å². The van der Waals surface area contributed by atoms with E-state index in [1.54, 1.807) is 4.90 Å². The summed E-state index contributed by atoms with van der Waals surface area (Å²) in [5.74, 6) is 0.0358. The van der Waals surface area contributed by atoms with Crippen LogP contribution in [-0.4, -0.2) is 30.1 Å². The number of hydrogen-bond donors (Lipinski definition) is 1. The maximum Gasteiger partial charge on any atom is 0.317 e. The predicted molar refractivity (Wildman–Crippen MR) is 51.5 cm³/mol. The van der Waals surface area contributed by atoms with Gasteiger partial charge in [0.15, 0.2) is 0 Å². The SMILES string of the molecule is N#CC1CCCN(C(=O)NC2CC2)C1. The van der Waals surface area contributed by atoms with Gasteiger partial charge in [-0.1, -0.05) is 0 Å². The fourth-order valence-electron chi connectivity index (χ4n) is 1.76. The van der Waals surface area contributed by atoms with Crippen molar-refractivity contribution in [3.05, 3.63) is 0 Å². The van der Waals surface area contributed by atoms with Crippen molar-refractivity contribution < 1.29 is 4.79 Å². The molecule has 0 spiro atoms. The number of amides is 2. The van der Waals surface area contributed by atoms with E-state index >= 15 is 0 Å². The Balaban J connectivity index is 1.83. The molecule has 4 nitrogen and oxygen atoms in total. The molecule has 2 amide bonds. The van der Waals surface area contributed by atoms with Crippen LogP contribution in [0.15, 0.2) is 0 Å². The number of nitrogens with zero attached hydrogens (tertiary/aromatic N) is 2. The van der Waals surface area contributed by atoms with Gasteiger partial charge in [-0.3, -0.25) is 0 Å². The number of rotatable bonds is 1. The normalized spacial score (nSPS) is 26.8.